The number of hydrogen-bond acceptors (Lipinski definition) is 2. The molecule has 0 aliphatic carbocycles. The fourth-order valence-electron chi connectivity index (χ4n) is 2.25. The van der Waals surface area contributed by atoms with E-state index in [-0.39, 0.29) is 5.54 Å². The van der Waals surface area contributed by atoms with Gasteiger partial charge in [0.1, 0.15) is 5.75 Å². The van der Waals surface area contributed by atoms with Crippen LogP contribution in [0.5, 0.6) is 5.75 Å². The van der Waals surface area contributed by atoms with Gasteiger partial charge in [0.25, 0.3) is 0 Å². The van der Waals surface area contributed by atoms with E-state index in [1.807, 2.05) is 12.1 Å². The molecule has 2 aromatic carbocycles. The average molecular weight is 269 g/mol. The van der Waals surface area contributed by atoms with Crippen LogP contribution in [-0.2, 0) is 13.0 Å². The van der Waals surface area contributed by atoms with Crippen LogP contribution in [0.3, 0.4) is 0 Å². The molecular weight excluding hydrogens is 246 g/mol. The van der Waals surface area contributed by atoms with Gasteiger partial charge in [-0.25, -0.2) is 0 Å². The summed E-state index contributed by atoms with van der Waals surface area (Å²) in [5.74, 6) is 0.900. The number of rotatable bonds is 6. The van der Waals surface area contributed by atoms with Crippen LogP contribution in [-0.4, -0.2) is 12.6 Å². The maximum Gasteiger partial charge on any atom is 0.118 e. The molecule has 0 bridgehead atoms. The number of benzene rings is 2. The summed E-state index contributed by atoms with van der Waals surface area (Å²) >= 11 is 0. The van der Waals surface area contributed by atoms with Gasteiger partial charge in [0.05, 0.1) is 7.11 Å². The smallest absolute Gasteiger partial charge is 0.118 e. The monoisotopic (exact) mass is 269 g/mol. The normalized spacial score (nSPS) is 11.3. The molecule has 0 unspecified atom stereocenters. The molecule has 0 aliphatic heterocycles. The third-order valence-electron chi connectivity index (χ3n) is 3.42. The number of methoxy groups -OCH3 is 1. The molecule has 0 heterocycles. The van der Waals surface area contributed by atoms with E-state index < -0.39 is 0 Å². The Morgan fingerprint density at radius 1 is 0.900 bits per heavy atom. The molecule has 0 fully saturated rings. The molecule has 2 nitrogen and oxygen atoms in total. The highest BCUT2D eigenvalue weighted by Gasteiger charge is 2.17. The predicted octanol–water partition coefficient (Wildman–Crippen LogP) is 3.81. The van der Waals surface area contributed by atoms with Crippen molar-refractivity contribution in [2.75, 3.05) is 7.11 Å². The fourth-order valence-corrected chi connectivity index (χ4v) is 2.25. The van der Waals surface area contributed by atoms with Gasteiger partial charge in [0, 0.05) is 12.1 Å². The molecule has 0 saturated heterocycles. The van der Waals surface area contributed by atoms with Gasteiger partial charge in [-0.1, -0.05) is 42.5 Å². The van der Waals surface area contributed by atoms with Gasteiger partial charge in [-0.3, -0.25) is 0 Å². The van der Waals surface area contributed by atoms with Crippen LogP contribution in [0.15, 0.2) is 54.6 Å². The lowest BCUT2D eigenvalue weighted by atomic mass is 9.94. The van der Waals surface area contributed by atoms with Crippen LogP contribution in [0.1, 0.15) is 25.0 Å². The molecule has 1 N–H and O–H groups in total. The summed E-state index contributed by atoms with van der Waals surface area (Å²) < 4.78 is 5.17. The first-order valence-corrected chi connectivity index (χ1v) is 7.01. The third kappa shape index (κ3) is 4.39. The van der Waals surface area contributed by atoms with E-state index >= 15 is 0 Å². The van der Waals surface area contributed by atoms with Crippen molar-refractivity contribution in [1.82, 2.24) is 5.32 Å². The van der Waals surface area contributed by atoms with Crippen molar-refractivity contribution in [3.63, 3.8) is 0 Å². The molecule has 0 saturated carbocycles. The Kier molecular flexibility index (Phi) is 4.80. The van der Waals surface area contributed by atoms with E-state index in [4.69, 9.17) is 4.74 Å². The standard InChI is InChI=1S/C18H23NO/c1-18(2,13-15-7-5-4-6-8-15)19-14-16-9-11-17(20-3)12-10-16/h4-12,19H,13-14H2,1-3H3. The van der Waals surface area contributed by atoms with Crippen LogP contribution in [0.25, 0.3) is 0 Å². The highest BCUT2D eigenvalue weighted by molar-refractivity contribution is 5.27. The molecule has 0 spiro atoms. The first-order chi connectivity index (χ1) is 9.59. The van der Waals surface area contributed by atoms with Crippen molar-refractivity contribution in [3.05, 3.63) is 65.7 Å². The van der Waals surface area contributed by atoms with E-state index in [0.717, 1.165) is 18.7 Å². The lowest BCUT2D eigenvalue weighted by Gasteiger charge is -2.26. The summed E-state index contributed by atoms with van der Waals surface area (Å²) in [5, 5.41) is 3.62. The summed E-state index contributed by atoms with van der Waals surface area (Å²) in [6, 6.07) is 18.8. The summed E-state index contributed by atoms with van der Waals surface area (Å²) in [4.78, 5) is 0. The minimum atomic E-state index is 0.0707. The van der Waals surface area contributed by atoms with E-state index in [1.165, 1.54) is 11.1 Å². The zero-order chi connectivity index (χ0) is 14.4. The van der Waals surface area contributed by atoms with Crippen molar-refractivity contribution in [2.45, 2.75) is 32.4 Å². The highest BCUT2D eigenvalue weighted by Crippen LogP contribution is 2.15. The van der Waals surface area contributed by atoms with E-state index in [1.54, 1.807) is 7.11 Å². The second-order valence-corrected chi connectivity index (χ2v) is 5.75. The molecule has 106 valence electrons. The first kappa shape index (κ1) is 14.6. The van der Waals surface area contributed by atoms with Crippen LogP contribution in [0.2, 0.25) is 0 Å². The number of ether oxygens (including phenoxy) is 1. The second-order valence-electron chi connectivity index (χ2n) is 5.75. The Morgan fingerprint density at radius 2 is 1.55 bits per heavy atom. The largest absolute Gasteiger partial charge is 0.497 e. The minimum Gasteiger partial charge on any atom is -0.497 e. The van der Waals surface area contributed by atoms with Crippen molar-refractivity contribution >= 4 is 0 Å². The topological polar surface area (TPSA) is 21.3 Å². The zero-order valence-corrected chi connectivity index (χ0v) is 12.5. The molecule has 0 aromatic heterocycles. The second kappa shape index (κ2) is 6.58. The SMILES string of the molecule is COc1ccc(CNC(C)(C)Cc2ccccc2)cc1. The Hall–Kier alpha value is -1.80. The van der Waals surface area contributed by atoms with Crippen LogP contribution in [0.4, 0.5) is 0 Å². The lowest BCUT2D eigenvalue weighted by molar-refractivity contribution is 0.383. The van der Waals surface area contributed by atoms with Gasteiger partial charge >= 0.3 is 0 Å². The minimum absolute atomic E-state index is 0.0707. The van der Waals surface area contributed by atoms with Gasteiger partial charge in [-0.2, -0.15) is 0 Å². The molecule has 0 atom stereocenters. The van der Waals surface area contributed by atoms with Gasteiger partial charge in [-0.15, -0.1) is 0 Å². The van der Waals surface area contributed by atoms with Crippen LogP contribution < -0.4 is 10.1 Å². The Balaban J connectivity index is 1.91. The maximum atomic E-state index is 5.17. The molecule has 0 radical (unpaired) electrons. The molecule has 0 amide bonds. The Bertz CT molecular complexity index is 517. The molecule has 20 heavy (non-hydrogen) atoms. The third-order valence-corrected chi connectivity index (χ3v) is 3.42. The Labute approximate surface area is 121 Å². The Morgan fingerprint density at radius 3 is 2.15 bits per heavy atom. The summed E-state index contributed by atoms with van der Waals surface area (Å²) in [6.07, 6.45) is 1.02. The summed E-state index contributed by atoms with van der Waals surface area (Å²) in [6.45, 7) is 5.34. The number of hydrogen-bond donors (Lipinski definition) is 1. The highest BCUT2D eigenvalue weighted by atomic mass is 16.5. The van der Waals surface area contributed by atoms with E-state index in [9.17, 15) is 0 Å². The van der Waals surface area contributed by atoms with Crippen molar-refractivity contribution in [3.8, 4) is 5.75 Å². The van der Waals surface area contributed by atoms with Gasteiger partial charge in [-0.05, 0) is 43.5 Å². The van der Waals surface area contributed by atoms with E-state index in [0.29, 0.717) is 0 Å². The zero-order valence-electron chi connectivity index (χ0n) is 12.5. The summed E-state index contributed by atoms with van der Waals surface area (Å²) in [5.41, 5.74) is 2.70. The molecule has 0 aliphatic rings. The summed E-state index contributed by atoms with van der Waals surface area (Å²) in [7, 11) is 1.69. The van der Waals surface area contributed by atoms with Gasteiger partial charge < -0.3 is 10.1 Å². The van der Waals surface area contributed by atoms with Crippen LogP contribution >= 0.6 is 0 Å². The van der Waals surface area contributed by atoms with Crippen LogP contribution in [0, 0.1) is 0 Å². The van der Waals surface area contributed by atoms with Crippen molar-refractivity contribution < 1.29 is 4.74 Å². The van der Waals surface area contributed by atoms with Gasteiger partial charge in [0.15, 0.2) is 0 Å². The van der Waals surface area contributed by atoms with Gasteiger partial charge in [0.2, 0.25) is 0 Å². The molecular formula is C18H23NO. The van der Waals surface area contributed by atoms with E-state index in [2.05, 4.69) is 61.6 Å². The quantitative estimate of drug-likeness (QED) is 0.861. The molecule has 2 heteroatoms. The van der Waals surface area contributed by atoms with Crippen molar-refractivity contribution in [2.24, 2.45) is 0 Å². The fraction of sp³-hybridized carbons (Fsp3) is 0.333. The lowest BCUT2D eigenvalue weighted by Crippen LogP contribution is -2.40. The predicted molar refractivity (Wildman–Crippen MR) is 84.1 cm³/mol. The molecule has 2 aromatic rings. The molecule has 2 rings (SSSR count). The number of nitrogens with one attached hydrogen (secondary N) is 1. The first-order valence-electron chi connectivity index (χ1n) is 7.01. The van der Waals surface area contributed by atoms with Crippen molar-refractivity contribution in [1.29, 1.82) is 0 Å². The average Bonchev–Trinajstić information content (AvgIpc) is 2.46. The maximum absolute atomic E-state index is 5.17.